The van der Waals surface area contributed by atoms with Crippen LogP contribution < -0.4 is 0 Å². The molecule has 1 saturated heterocycles. The van der Waals surface area contributed by atoms with Crippen molar-refractivity contribution in [2.24, 2.45) is 11.8 Å². The van der Waals surface area contributed by atoms with Crippen LogP contribution in [-0.4, -0.2) is 78.1 Å². The fourth-order valence-corrected chi connectivity index (χ4v) is 2.89. The first-order chi connectivity index (χ1) is 9.27. The summed E-state index contributed by atoms with van der Waals surface area (Å²) in [7, 11) is 3.96. The number of aliphatic carboxylic acids is 1. The molecule has 0 bridgehead atoms. The lowest BCUT2D eigenvalue weighted by atomic mass is 9.99. The van der Waals surface area contributed by atoms with Gasteiger partial charge < -0.3 is 19.8 Å². The third-order valence-corrected chi connectivity index (χ3v) is 3.95. The minimum Gasteiger partial charge on any atom is -0.481 e. The highest BCUT2D eigenvalue weighted by atomic mass is 16.4. The second-order valence-electron chi connectivity index (χ2n) is 6.01. The minimum atomic E-state index is -0.808. The van der Waals surface area contributed by atoms with Gasteiger partial charge in [-0.15, -0.1) is 0 Å². The number of carboxylic acid groups (broad SMARTS) is 1. The van der Waals surface area contributed by atoms with E-state index in [-0.39, 0.29) is 18.0 Å². The van der Waals surface area contributed by atoms with Crippen LogP contribution in [0.5, 0.6) is 0 Å². The standard InChI is InChI=1S/C14H27N3O3/c1-6-17(11(3)8-15(4)5)14(20)16-7-10(2)12(9-16)13(18)19/h10-12H,6-9H2,1-5H3,(H,18,19). The van der Waals surface area contributed by atoms with E-state index >= 15 is 0 Å². The average Bonchev–Trinajstić information content (AvgIpc) is 2.71. The first-order valence-electron chi connectivity index (χ1n) is 7.21. The zero-order valence-corrected chi connectivity index (χ0v) is 13.2. The molecule has 3 atom stereocenters. The Hall–Kier alpha value is -1.30. The molecule has 1 rings (SSSR count). The molecule has 2 amide bonds. The Labute approximate surface area is 121 Å². The lowest BCUT2D eigenvalue weighted by Gasteiger charge is -2.33. The molecule has 0 radical (unpaired) electrons. The van der Waals surface area contributed by atoms with Gasteiger partial charge in [0.1, 0.15) is 0 Å². The Kier molecular flexibility index (Phi) is 5.80. The lowest BCUT2D eigenvalue weighted by Crippen LogP contribution is -2.49. The number of hydrogen-bond donors (Lipinski definition) is 1. The van der Waals surface area contributed by atoms with Crippen LogP contribution in [-0.2, 0) is 4.79 Å². The monoisotopic (exact) mass is 285 g/mol. The van der Waals surface area contributed by atoms with Gasteiger partial charge in [-0.3, -0.25) is 4.79 Å². The number of urea groups is 1. The zero-order valence-electron chi connectivity index (χ0n) is 13.2. The predicted molar refractivity (Wildman–Crippen MR) is 77.7 cm³/mol. The normalized spacial score (nSPS) is 24.0. The van der Waals surface area contributed by atoms with Crippen molar-refractivity contribution in [3.05, 3.63) is 0 Å². The largest absolute Gasteiger partial charge is 0.481 e. The fourth-order valence-electron chi connectivity index (χ4n) is 2.89. The molecule has 20 heavy (non-hydrogen) atoms. The second-order valence-corrected chi connectivity index (χ2v) is 6.01. The summed E-state index contributed by atoms with van der Waals surface area (Å²) >= 11 is 0. The predicted octanol–water partition coefficient (Wildman–Crippen LogP) is 1.03. The highest BCUT2D eigenvalue weighted by molar-refractivity contribution is 5.78. The molecule has 0 aliphatic carbocycles. The van der Waals surface area contributed by atoms with E-state index in [0.717, 1.165) is 6.54 Å². The van der Waals surface area contributed by atoms with E-state index < -0.39 is 11.9 Å². The molecule has 0 spiro atoms. The zero-order chi connectivity index (χ0) is 15.4. The molecule has 1 fully saturated rings. The quantitative estimate of drug-likeness (QED) is 0.819. The Morgan fingerprint density at radius 3 is 2.35 bits per heavy atom. The van der Waals surface area contributed by atoms with E-state index in [4.69, 9.17) is 5.11 Å². The number of likely N-dealkylation sites (tertiary alicyclic amines) is 1. The molecule has 0 aromatic rings. The summed E-state index contributed by atoms with van der Waals surface area (Å²) in [4.78, 5) is 29.2. The van der Waals surface area contributed by atoms with E-state index in [0.29, 0.717) is 19.6 Å². The highest BCUT2D eigenvalue weighted by Crippen LogP contribution is 2.24. The topological polar surface area (TPSA) is 64.1 Å². The molecule has 6 nitrogen and oxygen atoms in total. The van der Waals surface area contributed by atoms with E-state index in [1.165, 1.54) is 0 Å². The van der Waals surface area contributed by atoms with Gasteiger partial charge in [0, 0.05) is 32.2 Å². The molecule has 1 aliphatic rings. The fraction of sp³-hybridized carbons (Fsp3) is 0.857. The molecule has 1 N–H and O–H groups in total. The van der Waals surface area contributed by atoms with Crippen LogP contribution in [0.3, 0.4) is 0 Å². The summed E-state index contributed by atoms with van der Waals surface area (Å²) in [5, 5.41) is 9.15. The SMILES string of the molecule is CCN(C(=O)N1CC(C)C(C(=O)O)C1)C(C)CN(C)C. The molecule has 1 heterocycles. The van der Waals surface area contributed by atoms with Crippen molar-refractivity contribution < 1.29 is 14.7 Å². The van der Waals surface area contributed by atoms with Crippen molar-refractivity contribution in [3.63, 3.8) is 0 Å². The van der Waals surface area contributed by atoms with Crippen molar-refractivity contribution in [1.82, 2.24) is 14.7 Å². The third kappa shape index (κ3) is 3.85. The van der Waals surface area contributed by atoms with Gasteiger partial charge in [0.2, 0.25) is 0 Å². The van der Waals surface area contributed by atoms with Crippen LogP contribution in [0, 0.1) is 11.8 Å². The van der Waals surface area contributed by atoms with Crippen molar-refractivity contribution in [2.75, 3.05) is 40.3 Å². The Balaban J connectivity index is 2.70. The minimum absolute atomic E-state index is 0.0133. The molecule has 6 heteroatoms. The number of hydrogen-bond acceptors (Lipinski definition) is 3. The number of carbonyl (C=O) groups excluding carboxylic acids is 1. The summed E-state index contributed by atoms with van der Waals surface area (Å²) in [5.74, 6) is -1.24. The Morgan fingerprint density at radius 2 is 1.95 bits per heavy atom. The van der Waals surface area contributed by atoms with E-state index in [9.17, 15) is 9.59 Å². The van der Waals surface area contributed by atoms with Crippen LogP contribution in [0.15, 0.2) is 0 Å². The Bertz CT molecular complexity index is 360. The van der Waals surface area contributed by atoms with E-state index in [2.05, 4.69) is 0 Å². The van der Waals surface area contributed by atoms with Crippen LogP contribution in [0.25, 0.3) is 0 Å². The summed E-state index contributed by atoms with van der Waals surface area (Å²) < 4.78 is 0. The molecular weight excluding hydrogens is 258 g/mol. The van der Waals surface area contributed by atoms with Crippen LogP contribution in [0.1, 0.15) is 20.8 Å². The van der Waals surface area contributed by atoms with Gasteiger partial charge in [-0.1, -0.05) is 6.92 Å². The number of rotatable bonds is 5. The maximum Gasteiger partial charge on any atom is 0.320 e. The molecule has 116 valence electrons. The van der Waals surface area contributed by atoms with Crippen molar-refractivity contribution in [3.8, 4) is 0 Å². The van der Waals surface area contributed by atoms with Crippen LogP contribution in [0.2, 0.25) is 0 Å². The second kappa shape index (κ2) is 6.92. The highest BCUT2D eigenvalue weighted by Gasteiger charge is 2.38. The van der Waals surface area contributed by atoms with Gasteiger partial charge in [0.05, 0.1) is 5.92 Å². The summed E-state index contributed by atoms with van der Waals surface area (Å²) in [5.41, 5.74) is 0. The number of likely N-dealkylation sites (N-methyl/N-ethyl adjacent to an activating group) is 2. The number of nitrogens with zero attached hydrogens (tertiary/aromatic N) is 3. The first kappa shape index (κ1) is 16.8. The van der Waals surface area contributed by atoms with Crippen LogP contribution >= 0.6 is 0 Å². The maximum absolute atomic E-state index is 12.6. The van der Waals surface area contributed by atoms with Gasteiger partial charge in [-0.2, -0.15) is 0 Å². The average molecular weight is 285 g/mol. The van der Waals surface area contributed by atoms with Gasteiger partial charge in [-0.05, 0) is 33.9 Å². The number of carbonyl (C=O) groups is 2. The number of carboxylic acids is 1. The molecule has 0 aromatic heterocycles. The van der Waals surface area contributed by atoms with E-state index in [1.807, 2.05) is 44.7 Å². The molecule has 0 saturated carbocycles. The van der Waals surface area contributed by atoms with E-state index in [1.54, 1.807) is 4.90 Å². The summed E-state index contributed by atoms with van der Waals surface area (Å²) in [6, 6.07) is 0.0686. The van der Waals surface area contributed by atoms with Gasteiger partial charge in [0.15, 0.2) is 0 Å². The third-order valence-electron chi connectivity index (χ3n) is 3.95. The smallest absolute Gasteiger partial charge is 0.320 e. The van der Waals surface area contributed by atoms with Gasteiger partial charge in [0.25, 0.3) is 0 Å². The number of amides is 2. The van der Waals surface area contributed by atoms with Crippen molar-refractivity contribution in [1.29, 1.82) is 0 Å². The Morgan fingerprint density at radius 1 is 1.35 bits per heavy atom. The summed E-state index contributed by atoms with van der Waals surface area (Å²) in [6.07, 6.45) is 0. The molecule has 1 aliphatic heterocycles. The van der Waals surface area contributed by atoms with Gasteiger partial charge >= 0.3 is 12.0 Å². The maximum atomic E-state index is 12.6. The summed E-state index contributed by atoms with van der Waals surface area (Å²) in [6.45, 7) is 8.16. The van der Waals surface area contributed by atoms with Crippen molar-refractivity contribution in [2.45, 2.75) is 26.8 Å². The first-order valence-corrected chi connectivity index (χ1v) is 7.21. The van der Waals surface area contributed by atoms with Crippen LogP contribution in [0.4, 0.5) is 4.79 Å². The van der Waals surface area contributed by atoms with Gasteiger partial charge in [-0.25, -0.2) is 4.79 Å². The molecule has 0 aromatic carbocycles. The lowest BCUT2D eigenvalue weighted by molar-refractivity contribution is -0.142. The molecular formula is C14H27N3O3. The molecule has 3 unspecified atom stereocenters. The van der Waals surface area contributed by atoms with Crippen molar-refractivity contribution >= 4 is 12.0 Å².